The molecule has 3 aromatic rings. The molecule has 0 fully saturated rings. The average Bonchev–Trinajstić information content (AvgIpc) is 2.97. The molecule has 0 spiro atoms. The molecule has 1 atom stereocenters. The lowest BCUT2D eigenvalue weighted by molar-refractivity contribution is 0.360. The van der Waals surface area contributed by atoms with Crippen LogP contribution >= 0.6 is 28.4 Å². The van der Waals surface area contributed by atoms with E-state index in [1.807, 2.05) is 0 Å². The van der Waals surface area contributed by atoms with Crippen molar-refractivity contribution in [1.82, 2.24) is 9.55 Å². The Balaban J connectivity index is 2.29. The van der Waals surface area contributed by atoms with Gasteiger partial charge in [-0.15, -0.1) is 0 Å². The molecule has 0 amide bonds. The second kappa shape index (κ2) is 6.57. The Morgan fingerprint density at radius 3 is 2.30 bits per heavy atom. The fourth-order valence-corrected chi connectivity index (χ4v) is 3.92. The Kier molecular flexibility index (Phi) is 4.68. The maximum Gasteiger partial charge on any atom is 0.176 e. The molecular formula is C15H12F2IN2O2P. The molecule has 0 aliphatic carbocycles. The molecule has 1 unspecified atom stereocenters. The van der Waals surface area contributed by atoms with Gasteiger partial charge in [-0.25, -0.2) is 13.2 Å². The first-order chi connectivity index (χ1) is 11.1. The van der Waals surface area contributed by atoms with Crippen molar-refractivity contribution in [3.63, 3.8) is 0 Å². The number of rotatable bonds is 4. The van der Waals surface area contributed by atoms with Crippen LogP contribution in [0.25, 0.3) is 22.0 Å². The summed E-state index contributed by atoms with van der Waals surface area (Å²) >= 11 is 2.20. The molecule has 0 bridgehead atoms. The van der Waals surface area contributed by atoms with Gasteiger partial charge in [-0.2, -0.15) is 5.10 Å². The molecule has 4 nitrogen and oxygen atoms in total. The lowest BCUT2D eigenvalue weighted by Gasteiger charge is -2.13. The van der Waals surface area contributed by atoms with E-state index in [-0.39, 0.29) is 17.1 Å². The first-order valence-electron chi connectivity index (χ1n) is 6.55. The van der Waals surface area contributed by atoms with E-state index in [2.05, 4.69) is 27.1 Å². The van der Waals surface area contributed by atoms with Crippen LogP contribution in [-0.4, -0.2) is 23.8 Å². The van der Waals surface area contributed by atoms with E-state index in [9.17, 15) is 8.78 Å². The minimum atomic E-state index is -0.756. The SMILES string of the molecule is COc1cc(OC)c(F)c(-c2ccc3cnn(PI)c3c2)c1F. The Bertz CT molecular complexity index is 857. The molecule has 1 heterocycles. The lowest BCUT2D eigenvalue weighted by Crippen LogP contribution is -1.99. The zero-order valence-corrected chi connectivity index (χ0v) is 15.4. The highest BCUT2D eigenvalue weighted by Crippen LogP contribution is 2.39. The van der Waals surface area contributed by atoms with Crippen molar-refractivity contribution in [2.24, 2.45) is 0 Å². The summed E-state index contributed by atoms with van der Waals surface area (Å²) in [6.45, 7) is 0. The summed E-state index contributed by atoms with van der Waals surface area (Å²) < 4.78 is 41.0. The second-order valence-electron chi connectivity index (χ2n) is 4.70. The number of ether oxygens (including phenoxy) is 2. The number of nitrogens with zero attached hydrogens (tertiary/aromatic N) is 2. The molecule has 0 saturated carbocycles. The number of halogens is 3. The van der Waals surface area contributed by atoms with E-state index in [1.165, 1.54) is 20.3 Å². The van der Waals surface area contributed by atoms with Crippen molar-refractivity contribution < 1.29 is 18.3 Å². The molecule has 1 aromatic heterocycles. The highest BCUT2D eigenvalue weighted by atomic mass is 127. The first-order valence-corrected chi connectivity index (χ1v) is 10.6. The Morgan fingerprint density at radius 2 is 1.74 bits per heavy atom. The van der Waals surface area contributed by atoms with Gasteiger partial charge in [-0.05, 0) is 33.7 Å². The van der Waals surface area contributed by atoms with Gasteiger partial charge >= 0.3 is 0 Å². The standard InChI is InChI=1S/C15H12F2IN2O2P/c1-21-11-6-12(22-2)15(17)13(14(11)16)8-3-4-9-7-19-20(23-18)10(9)5-8/h3-7,23H,1-2H3. The Labute approximate surface area is 146 Å². The van der Waals surface area contributed by atoms with Gasteiger partial charge in [-0.3, -0.25) is 0 Å². The molecule has 120 valence electrons. The highest BCUT2D eigenvalue weighted by Gasteiger charge is 2.22. The van der Waals surface area contributed by atoms with Crippen LogP contribution in [0.15, 0.2) is 30.5 Å². The van der Waals surface area contributed by atoms with Gasteiger partial charge in [0.25, 0.3) is 0 Å². The van der Waals surface area contributed by atoms with Crippen LogP contribution in [0, 0.1) is 11.6 Å². The topological polar surface area (TPSA) is 36.3 Å². The van der Waals surface area contributed by atoms with Crippen molar-refractivity contribution in [1.29, 1.82) is 0 Å². The molecule has 3 rings (SSSR count). The summed E-state index contributed by atoms with van der Waals surface area (Å²) in [6.07, 6.45) is 2.12. The van der Waals surface area contributed by atoms with Gasteiger partial charge in [0, 0.05) is 11.5 Å². The maximum atomic E-state index is 14.6. The van der Waals surface area contributed by atoms with E-state index in [0.717, 1.165) is 10.9 Å². The third-order valence-electron chi connectivity index (χ3n) is 3.51. The molecular weight excluding hydrogens is 436 g/mol. The number of hydrogen-bond acceptors (Lipinski definition) is 3. The summed E-state index contributed by atoms with van der Waals surface area (Å²) in [7, 11) is 2.66. The van der Waals surface area contributed by atoms with Crippen molar-refractivity contribution in [2.45, 2.75) is 0 Å². The largest absolute Gasteiger partial charge is 0.494 e. The lowest BCUT2D eigenvalue weighted by atomic mass is 10.0. The van der Waals surface area contributed by atoms with Gasteiger partial charge in [-0.1, -0.05) is 12.1 Å². The quantitative estimate of drug-likeness (QED) is 0.426. The second-order valence-corrected chi connectivity index (χ2v) is 6.74. The van der Waals surface area contributed by atoms with Gasteiger partial charge in [0.1, 0.15) is 0 Å². The predicted molar refractivity (Wildman–Crippen MR) is 95.9 cm³/mol. The van der Waals surface area contributed by atoms with Gasteiger partial charge in [0.2, 0.25) is 0 Å². The number of fused-ring (bicyclic) bond motifs is 1. The van der Waals surface area contributed by atoms with Crippen LogP contribution in [-0.2, 0) is 0 Å². The van der Waals surface area contributed by atoms with Crippen LogP contribution < -0.4 is 9.47 Å². The average molecular weight is 448 g/mol. The minimum Gasteiger partial charge on any atom is -0.494 e. The molecule has 2 aromatic carbocycles. The molecule has 8 heteroatoms. The number of methoxy groups -OCH3 is 2. The summed E-state index contributed by atoms with van der Waals surface area (Å²) in [5, 5.41) is 5.16. The third-order valence-corrected chi connectivity index (χ3v) is 5.40. The van der Waals surface area contributed by atoms with Crippen LogP contribution in [0.4, 0.5) is 8.78 Å². The van der Waals surface area contributed by atoms with Crippen LogP contribution in [0.3, 0.4) is 0 Å². The molecule has 0 aliphatic rings. The fourth-order valence-electron chi connectivity index (χ4n) is 2.38. The summed E-state index contributed by atoms with van der Waals surface area (Å²) in [4.78, 5) is 0. The van der Waals surface area contributed by atoms with Crippen LogP contribution in [0.1, 0.15) is 0 Å². The predicted octanol–water partition coefficient (Wildman–Crippen LogP) is 4.79. The molecule has 0 aliphatic heterocycles. The van der Waals surface area contributed by atoms with E-state index in [1.54, 1.807) is 28.8 Å². The number of benzene rings is 2. The van der Waals surface area contributed by atoms with Crippen molar-refractivity contribution >= 4 is 39.3 Å². The Morgan fingerprint density at radius 1 is 1.09 bits per heavy atom. The van der Waals surface area contributed by atoms with Gasteiger partial charge in [0.15, 0.2) is 23.1 Å². The van der Waals surface area contributed by atoms with Gasteiger partial charge < -0.3 is 9.47 Å². The zero-order valence-electron chi connectivity index (χ0n) is 12.2. The third kappa shape index (κ3) is 2.76. The fraction of sp³-hybridized carbons (Fsp3) is 0.133. The summed E-state index contributed by atoms with van der Waals surface area (Å²) in [5.41, 5.74) is 1.05. The first kappa shape index (κ1) is 16.4. The van der Waals surface area contributed by atoms with E-state index < -0.39 is 11.6 Å². The smallest absolute Gasteiger partial charge is 0.176 e. The van der Waals surface area contributed by atoms with Crippen LogP contribution in [0.5, 0.6) is 11.5 Å². The van der Waals surface area contributed by atoms with E-state index in [4.69, 9.17) is 9.47 Å². The van der Waals surface area contributed by atoms with E-state index in [0.29, 0.717) is 11.9 Å². The number of hydrogen-bond donors (Lipinski definition) is 0. The van der Waals surface area contributed by atoms with Crippen molar-refractivity contribution in [3.05, 3.63) is 42.1 Å². The zero-order chi connectivity index (χ0) is 16.6. The summed E-state index contributed by atoms with van der Waals surface area (Å²) in [6, 6.07) is 6.36. The normalized spacial score (nSPS) is 11.5. The van der Waals surface area contributed by atoms with Crippen molar-refractivity contribution in [3.8, 4) is 22.6 Å². The monoisotopic (exact) mass is 448 g/mol. The van der Waals surface area contributed by atoms with Gasteiger partial charge in [0.05, 0.1) is 37.9 Å². The van der Waals surface area contributed by atoms with Crippen molar-refractivity contribution in [2.75, 3.05) is 14.2 Å². The molecule has 0 saturated heterocycles. The maximum absolute atomic E-state index is 14.6. The molecule has 23 heavy (non-hydrogen) atoms. The van der Waals surface area contributed by atoms with E-state index >= 15 is 0 Å². The summed E-state index contributed by atoms with van der Waals surface area (Å²) in [5.74, 6) is -1.65. The Hall–Kier alpha value is -1.47. The molecule has 0 radical (unpaired) electrons. The number of aromatic nitrogens is 2. The highest BCUT2D eigenvalue weighted by molar-refractivity contribution is 14.2. The molecule has 0 N–H and O–H groups in total. The minimum absolute atomic E-state index is 0.0670. The van der Waals surface area contributed by atoms with Crippen LogP contribution in [0.2, 0.25) is 0 Å².